The van der Waals surface area contributed by atoms with Crippen LogP contribution in [-0.2, 0) is 6.42 Å². The summed E-state index contributed by atoms with van der Waals surface area (Å²) in [6.45, 7) is 2.36. The first-order chi connectivity index (χ1) is 9.97. The van der Waals surface area contributed by atoms with Crippen LogP contribution < -0.4 is 11.1 Å². The summed E-state index contributed by atoms with van der Waals surface area (Å²) in [5, 5.41) is 3.10. The van der Waals surface area contributed by atoms with Crippen LogP contribution in [0.25, 0.3) is 0 Å². The molecule has 2 aromatic rings. The van der Waals surface area contributed by atoms with Crippen molar-refractivity contribution in [3.63, 3.8) is 0 Å². The summed E-state index contributed by atoms with van der Waals surface area (Å²) in [4.78, 5) is 4.46. The lowest BCUT2D eigenvalue weighted by molar-refractivity contribution is 0.580. The van der Waals surface area contributed by atoms with Crippen LogP contribution in [0.2, 0.25) is 0 Å². The lowest BCUT2D eigenvalue weighted by atomic mass is 10.1. The lowest BCUT2D eigenvalue weighted by Gasteiger charge is -2.12. The molecule has 6 heteroatoms. The number of nitrogens with one attached hydrogen (secondary N) is 1. The summed E-state index contributed by atoms with van der Waals surface area (Å²) in [5.41, 5.74) is 7.88. The number of halogens is 2. The Balaban J connectivity index is 2.07. The average Bonchev–Trinajstić information content (AvgIpc) is 2.37. The molecule has 2 rings (SSSR count). The summed E-state index contributed by atoms with van der Waals surface area (Å²) >= 11 is 5.01. The van der Waals surface area contributed by atoms with Gasteiger partial charge in [-0.1, -0.05) is 12.2 Å². The second kappa shape index (κ2) is 6.58. The number of hydrogen-bond donors (Lipinski definition) is 2. The van der Waals surface area contributed by atoms with Crippen LogP contribution >= 0.6 is 12.2 Å². The van der Waals surface area contributed by atoms with Gasteiger partial charge in [-0.25, -0.2) is 13.8 Å². The second-order valence-corrected chi connectivity index (χ2v) is 5.11. The third kappa shape index (κ3) is 3.95. The summed E-state index contributed by atoms with van der Waals surface area (Å²) in [7, 11) is 0. The van der Waals surface area contributed by atoms with Crippen molar-refractivity contribution in [2.45, 2.75) is 13.3 Å². The average molecular weight is 307 g/mol. The molecule has 0 saturated carbocycles. The van der Waals surface area contributed by atoms with E-state index in [4.69, 9.17) is 18.0 Å². The van der Waals surface area contributed by atoms with Crippen LogP contribution in [0.3, 0.4) is 0 Å². The molecule has 21 heavy (non-hydrogen) atoms. The molecule has 0 spiro atoms. The van der Waals surface area contributed by atoms with E-state index >= 15 is 0 Å². The van der Waals surface area contributed by atoms with Crippen LogP contribution in [0.15, 0.2) is 30.5 Å². The van der Waals surface area contributed by atoms with Crippen molar-refractivity contribution in [1.82, 2.24) is 4.98 Å². The van der Waals surface area contributed by atoms with Crippen LogP contribution in [0.1, 0.15) is 16.7 Å². The highest BCUT2D eigenvalue weighted by Crippen LogP contribution is 2.16. The molecule has 0 atom stereocenters. The zero-order chi connectivity index (χ0) is 15.4. The predicted octanol–water partition coefficient (Wildman–Crippen LogP) is 2.96. The Kier molecular flexibility index (Phi) is 4.80. The fraction of sp³-hybridized carbons (Fsp3) is 0.200. The van der Waals surface area contributed by atoms with Crippen LogP contribution in [0, 0.1) is 18.6 Å². The zero-order valence-electron chi connectivity index (χ0n) is 11.5. The van der Waals surface area contributed by atoms with E-state index in [0.29, 0.717) is 29.9 Å². The number of rotatable bonds is 5. The highest BCUT2D eigenvalue weighted by Gasteiger charge is 2.09. The molecule has 0 radical (unpaired) electrons. The van der Waals surface area contributed by atoms with Crippen molar-refractivity contribution < 1.29 is 8.78 Å². The Morgan fingerprint density at radius 3 is 2.57 bits per heavy atom. The maximum Gasteiger partial charge on any atom is 0.136 e. The molecule has 3 nitrogen and oxygen atoms in total. The molecule has 0 aliphatic heterocycles. The standard InChI is InChI=1S/C15H15F2N3S/c1-9-2-4-19-15(13(9)14(18)21)20-5-3-10-6-11(16)8-12(17)7-10/h2,4,6-8H,3,5H2,1H3,(H2,18,21)(H,19,20). The highest BCUT2D eigenvalue weighted by atomic mass is 32.1. The van der Waals surface area contributed by atoms with E-state index in [9.17, 15) is 8.78 Å². The molecular weight excluding hydrogens is 292 g/mol. The minimum absolute atomic E-state index is 0.264. The molecule has 0 amide bonds. The fourth-order valence-corrected chi connectivity index (χ4v) is 2.34. The summed E-state index contributed by atoms with van der Waals surface area (Å²) in [5.74, 6) is -0.579. The topological polar surface area (TPSA) is 50.9 Å². The van der Waals surface area contributed by atoms with Crippen molar-refractivity contribution in [3.05, 3.63) is 58.8 Å². The number of nitrogens with zero attached hydrogens (tertiary/aromatic N) is 1. The normalized spacial score (nSPS) is 10.4. The van der Waals surface area contributed by atoms with Gasteiger partial charge in [-0.3, -0.25) is 0 Å². The molecule has 0 saturated heterocycles. The number of hydrogen-bond acceptors (Lipinski definition) is 3. The second-order valence-electron chi connectivity index (χ2n) is 4.67. The third-order valence-corrected chi connectivity index (χ3v) is 3.24. The number of pyridine rings is 1. The SMILES string of the molecule is Cc1ccnc(NCCc2cc(F)cc(F)c2)c1C(N)=S. The van der Waals surface area contributed by atoms with Gasteiger partial charge in [0, 0.05) is 18.8 Å². The minimum Gasteiger partial charge on any atom is -0.389 e. The Morgan fingerprint density at radius 1 is 1.29 bits per heavy atom. The van der Waals surface area contributed by atoms with Gasteiger partial charge in [0.25, 0.3) is 0 Å². The molecule has 1 aromatic carbocycles. The van der Waals surface area contributed by atoms with E-state index in [1.54, 1.807) is 6.20 Å². The molecule has 3 N–H and O–H groups in total. The smallest absolute Gasteiger partial charge is 0.136 e. The molecule has 1 heterocycles. The maximum absolute atomic E-state index is 13.1. The quantitative estimate of drug-likeness (QED) is 0.834. The van der Waals surface area contributed by atoms with E-state index in [1.165, 1.54) is 12.1 Å². The van der Waals surface area contributed by atoms with E-state index in [2.05, 4.69) is 10.3 Å². The first-order valence-electron chi connectivity index (χ1n) is 6.41. The fourth-order valence-electron chi connectivity index (χ4n) is 2.08. The summed E-state index contributed by atoms with van der Waals surface area (Å²) in [6, 6.07) is 5.29. The van der Waals surface area contributed by atoms with E-state index in [-0.39, 0.29) is 4.99 Å². The molecule has 0 fully saturated rings. The van der Waals surface area contributed by atoms with Gasteiger partial charge in [0.05, 0.1) is 5.56 Å². The molecule has 0 unspecified atom stereocenters. The zero-order valence-corrected chi connectivity index (χ0v) is 12.3. The number of thiocarbonyl (C=S) groups is 1. The third-order valence-electron chi connectivity index (χ3n) is 3.03. The van der Waals surface area contributed by atoms with Crippen molar-refractivity contribution in [2.75, 3.05) is 11.9 Å². The number of aromatic nitrogens is 1. The number of anilines is 1. The number of nitrogens with two attached hydrogens (primary N) is 1. The Hall–Kier alpha value is -2.08. The molecule has 0 aliphatic carbocycles. The van der Waals surface area contributed by atoms with Gasteiger partial charge in [-0.05, 0) is 42.7 Å². The van der Waals surface area contributed by atoms with Gasteiger partial charge in [0.1, 0.15) is 22.4 Å². The minimum atomic E-state index is -0.581. The number of benzene rings is 1. The van der Waals surface area contributed by atoms with Crippen molar-refractivity contribution >= 4 is 23.0 Å². The summed E-state index contributed by atoms with van der Waals surface area (Å²) < 4.78 is 26.2. The van der Waals surface area contributed by atoms with Gasteiger partial charge in [0.15, 0.2) is 0 Å². The monoisotopic (exact) mass is 307 g/mol. The largest absolute Gasteiger partial charge is 0.389 e. The van der Waals surface area contributed by atoms with Crippen molar-refractivity contribution in [2.24, 2.45) is 5.73 Å². The Labute approximate surface area is 127 Å². The van der Waals surface area contributed by atoms with E-state index in [0.717, 1.165) is 11.6 Å². The van der Waals surface area contributed by atoms with Crippen LogP contribution in [-0.4, -0.2) is 16.5 Å². The lowest BCUT2D eigenvalue weighted by Crippen LogP contribution is -2.17. The predicted molar refractivity (Wildman–Crippen MR) is 83.4 cm³/mol. The molecule has 0 aliphatic rings. The summed E-state index contributed by atoms with van der Waals surface area (Å²) in [6.07, 6.45) is 2.11. The maximum atomic E-state index is 13.1. The van der Waals surface area contributed by atoms with Crippen molar-refractivity contribution in [1.29, 1.82) is 0 Å². The molecule has 1 aromatic heterocycles. The van der Waals surface area contributed by atoms with E-state index in [1.807, 2.05) is 13.0 Å². The first-order valence-corrected chi connectivity index (χ1v) is 6.82. The first kappa shape index (κ1) is 15.3. The Morgan fingerprint density at radius 2 is 1.95 bits per heavy atom. The molecule has 0 bridgehead atoms. The van der Waals surface area contributed by atoms with Crippen LogP contribution in [0.4, 0.5) is 14.6 Å². The number of aryl methyl sites for hydroxylation is 1. The van der Waals surface area contributed by atoms with Crippen molar-refractivity contribution in [3.8, 4) is 0 Å². The van der Waals surface area contributed by atoms with Gasteiger partial charge in [-0.15, -0.1) is 0 Å². The van der Waals surface area contributed by atoms with E-state index < -0.39 is 11.6 Å². The molecular formula is C15H15F2N3S. The van der Waals surface area contributed by atoms with Gasteiger partial charge in [0.2, 0.25) is 0 Å². The van der Waals surface area contributed by atoms with Crippen LogP contribution in [0.5, 0.6) is 0 Å². The Bertz CT molecular complexity index is 654. The molecule has 110 valence electrons. The highest BCUT2D eigenvalue weighted by molar-refractivity contribution is 7.80. The van der Waals surface area contributed by atoms with Gasteiger partial charge < -0.3 is 11.1 Å². The van der Waals surface area contributed by atoms with Gasteiger partial charge in [-0.2, -0.15) is 0 Å². The van der Waals surface area contributed by atoms with Gasteiger partial charge >= 0.3 is 0 Å².